The highest BCUT2D eigenvalue weighted by Crippen LogP contribution is 2.33. The van der Waals surface area contributed by atoms with Crippen LogP contribution in [-0.2, 0) is 16.6 Å². The topological polar surface area (TPSA) is 29.1 Å². The molecule has 100 valence electrons. The van der Waals surface area contributed by atoms with Crippen LogP contribution in [0.25, 0.3) is 0 Å². The third-order valence-electron chi connectivity index (χ3n) is 3.38. The minimum Gasteiger partial charge on any atom is -0.313 e. The van der Waals surface area contributed by atoms with Crippen molar-refractivity contribution in [1.82, 2.24) is 5.32 Å². The highest BCUT2D eigenvalue weighted by molar-refractivity contribution is 7.84. The first-order valence-electron chi connectivity index (χ1n) is 6.92. The molecule has 1 N–H and O–H groups in total. The van der Waals surface area contributed by atoms with E-state index in [-0.39, 0.29) is 0 Å². The largest absolute Gasteiger partial charge is 0.313 e. The Kier molecular flexibility index (Phi) is 5.39. The molecule has 1 aliphatic rings. The van der Waals surface area contributed by atoms with E-state index in [0.29, 0.717) is 11.8 Å². The molecule has 1 aromatic rings. The molecule has 1 fully saturated rings. The monoisotopic (exact) mass is 265 g/mol. The Morgan fingerprint density at radius 1 is 1.33 bits per heavy atom. The fourth-order valence-corrected chi connectivity index (χ4v) is 3.68. The van der Waals surface area contributed by atoms with Crippen molar-refractivity contribution in [3.05, 3.63) is 35.9 Å². The first-order chi connectivity index (χ1) is 8.79. The van der Waals surface area contributed by atoms with Gasteiger partial charge in [0.05, 0.1) is 0 Å². The second-order valence-electron chi connectivity index (χ2n) is 5.13. The maximum absolute atomic E-state index is 12.2. The van der Waals surface area contributed by atoms with Gasteiger partial charge in [0.25, 0.3) is 0 Å². The van der Waals surface area contributed by atoms with Gasteiger partial charge < -0.3 is 5.32 Å². The molecule has 2 nitrogen and oxygen atoms in total. The van der Waals surface area contributed by atoms with Crippen molar-refractivity contribution >= 4 is 10.8 Å². The molecule has 0 saturated heterocycles. The quantitative estimate of drug-likeness (QED) is 0.783. The predicted molar refractivity (Wildman–Crippen MR) is 78.0 cm³/mol. The van der Waals surface area contributed by atoms with Crippen molar-refractivity contribution < 1.29 is 4.21 Å². The Morgan fingerprint density at radius 2 is 2.06 bits per heavy atom. The van der Waals surface area contributed by atoms with Gasteiger partial charge in [0.2, 0.25) is 0 Å². The van der Waals surface area contributed by atoms with Gasteiger partial charge in [0.1, 0.15) is 0 Å². The zero-order valence-corrected chi connectivity index (χ0v) is 11.9. The molecule has 1 aromatic carbocycles. The van der Waals surface area contributed by atoms with Gasteiger partial charge in [-0.15, -0.1) is 0 Å². The smallest absolute Gasteiger partial charge is 0.0486 e. The lowest BCUT2D eigenvalue weighted by molar-refractivity contribution is 0.498. The van der Waals surface area contributed by atoms with Gasteiger partial charge in [-0.3, -0.25) is 4.21 Å². The van der Waals surface area contributed by atoms with Crippen LogP contribution in [0.5, 0.6) is 0 Å². The SMILES string of the molecule is CCCNC(CS(=O)Cc1ccccc1)C1CC1. The van der Waals surface area contributed by atoms with Gasteiger partial charge in [-0.1, -0.05) is 37.3 Å². The van der Waals surface area contributed by atoms with Crippen molar-refractivity contribution in [3.8, 4) is 0 Å². The summed E-state index contributed by atoms with van der Waals surface area (Å²) >= 11 is 0. The number of hydrogen-bond acceptors (Lipinski definition) is 2. The minimum absolute atomic E-state index is 0.467. The van der Waals surface area contributed by atoms with Crippen LogP contribution in [0.3, 0.4) is 0 Å². The summed E-state index contributed by atoms with van der Waals surface area (Å²) in [6.07, 6.45) is 3.77. The lowest BCUT2D eigenvalue weighted by Crippen LogP contribution is -2.36. The van der Waals surface area contributed by atoms with Gasteiger partial charge in [0.15, 0.2) is 0 Å². The molecule has 2 unspecified atom stereocenters. The zero-order valence-electron chi connectivity index (χ0n) is 11.1. The van der Waals surface area contributed by atoms with Crippen molar-refractivity contribution in [3.63, 3.8) is 0 Å². The Balaban J connectivity index is 1.81. The average Bonchev–Trinajstić information content (AvgIpc) is 3.20. The molecule has 3 heteroatoms. The maximum Gasteiger partial charge on any atom is 0.0486 e. The second-order valence-corrected chi connectivity index (χ2v) is 6.64. The van der Waals surface area contributed by atoms with Gasteiger partial charge in [-0.25, -0.2) is 0 Å². The molecule has 0 radical (unpaired) electrons. The maximum atomic E-state index is 12.2. The fourth-order valence-electron chi connectivity index (χ4n) is 2.21. The average molecular weight is 265 g/mol. The van der Waals surface area contributed by atoms with E-state index in [2.05, 4.69) is 24.4 Å². The van der Waals surface area contributed by atoms with Crippen molar-refractivity contribution in [2.75, 3.05) is 12.3 Å². The van der Waals surface area contributed by atoms with E-state index in [1.165, 1.54) is 18.4 Å². The summed E-state index contributed by atoms with van der Waals surface area (Å²) in [7, 11) is -0.748. The first kappa shape index (κ1) is 13.8. The number of benzene rings is 1. The van der Waals surface area contributed by atoms with Crippen LogP contribution in [-0.4, -0.2) is 22.5 Å². The lowest BCUT2D eigenvalue weighted by Gasteiger charge is -2.17. The third kappa shape index (κ3) is 4.54. The molecule has 18 heavy (non-hydrogen) atoms. The van der Waals surface area contributed by atoms with Crippen molar-refractivity contribution in [1.29, 1.82) is 0 Å². The molecular formula is C15H23NOS. The van der Waals surface area contributed by atoms with Crippen LogP contribution in [0, 0.1) is 5.92 Å². The van der Waals surface area contributed by atoms with E-state index in [9.17, 15) is 4.21 Å². The van der Waals surface area contributed by atoms with Crippen LogP contribution in [0.4, 0.5) is 0 Å². The van der Waals surface area contributed by atoms with E-state index in [1.54, 1.807) is 0 Å². The van der Waals surface area contributed by atoms with Crippen LogP contribution in [0.1, 0.15) is 31.7 Å². The molecule has 0 spiro atoms. The third-order valence-corrected chi connectivity index (χ3v) is 4.77. The molecule has 2 atom stereocenters. The lowest BCUT2D eigenvalue weighted by atomic mass is 10.2. The van der Waals surface area contributed by atoms with Crippen LogP contribution < -0.4 is 5.32 Å². The van der Waals surface area contributed by atoms with Crippen LogP contribution >= 0.6 is 0 Å². The van der Waals surface area contributed by atoms with Crippen LogP contribution in [0.2, 0.25) is 0 Å². The second kappa shape index (κ2) is 7.05. The minimum atomic E-state index is -0.748. The van der Waals surface area contributed by atoms with E-state index < -0.39 is 10.8 Å². The Morgan fingerprint density at radius 3 is 2.67 bits per heavy atom. The van der Waals surface area contributed by atoms with Crippen molar-refractivity contribution in [2.45, 2.75) is 38.0 Å². The molecule has 2 rings (SSSR count). The summed E-state index contributed by atoms with van der Waals surface area (Å²) in [5.74, 6) is 2.27. The van der Waals surface area contributed by atoms with E-state index >= 15 is 0 Å². The molecule has 0 aliphatic heterocycles. The van der Waals surface area contributed by atoms with Gasteiger partial charge in [-0.2, -0.15) is 0 Å². The van der Waals surface area contributed by atoms with E-state index in [1.807, 2.05) is 18.2 Å². The fraction of sp³-hybridized carbons (Fsp3) is 0.600. The van der Waals surface area contributed by atoms with Gasteiger partial charge in [-0.05, 0) is 37.3 Å². The number of hydrogen-bond donors (Lipinski definition) is 1. The molecule has 1 saturated carbocycles. The summed E-state index contributed by atoms with van der Waals surface area (Å²) < 4.78 is 12.2. The predicted octanol–water partition coefficient (Wildman–Crippen LogP) is 2.71. The highest BCUT2D eigenvalue weighted by atomic mass is 32.2. The normalized spacial score (nSPS) is 18.5. The Hall–Kier alpha value is -0.670. The van der Waals surface area contributed by atoms with Crippen molar-refractivity contribution in [2.24, 2.45) is 5.92 Å². The summed E-state index contributed by atoms with van der Waals surface area (Å²) in [5.41, 5.74) is 1.18. The highest BCUT2D eigenvalue weighted by Gasteiger charge is 2.31. The van der Waals surface area contributed by atoms with Gasteiger partial charge in [0, 0.05) is 28.3 Å². The van der Waals surface area contributed by atoms with Gasteiger partial charge >= 0.3 is 0 Å². The number of rotatable bonds is 8. The summed E-state index contributed by atoms with van der Waals surface area (Å²) in [5, 5.41) is 3.55. The van der Waals surface area contributed by atoms with E-state index in [4.69, 9.17) is 0 Å². The summed E-state index contributed by atoms with van der Waals surface area (Å²) in [4.78, 5) is 0. The number of nitrogens with one attached hydrogen (secondary N) is 1. The first-order valence-corrected chi connectivity index (χ1v) is 8.40. The van der Waals surface area contributed by atoms with E-state index in [0.717, 1.165) is 24.6 Å². The molecule has 0 heterocycles. The molecule has 0 aromatic heterocycles. The molecule has 1 aliphatic carbocycles. The summed E-state index contributed by atoms with van der Waals surface area (Å²) in [6, 6.07) is 10.6. The molecular weight excluding hydrogens is 242 g/mol. The molecule has 0 bridgehead atoms. The molecule has 0 amide bonds. The standard InChI is InChI=1S/C15H23NOS/c1-2-10-16-15(14-8-9-14)12-18(17)11-13-6-4-3-5-7-13/h3-7,14-16H,2,8-12H2,1H3. The van der Waals surface area contributed by atoms with Crippen LogP contribution in [0.15, 0.2) is 30.3 Å². The summed E-state index contributed by atoms with van der Waals surface area (Å²) in [6.45, 7) is 3.22. The Labute approximate surface area is 113 Å². The zero-order chi connectivity index (χ0) is 12.8. The Bertz CT molecular complexity index is 375.